The van der Waals surface area contributed by atoms with E-state index in [1.54, 1.807) is 7.11 Å². The maximum Gasteiger partial charge on any atom is 0.0781 e. The molecule has 0 bridgehead atoms. The van der Waals surface area contributed by atoms with E-state index >= 15 is 0 Å². The van der Waals surface area contributed by atoms with Crippen molar-refractivity contribution in [3.63, 3.8) is 0 Å². The molecule has 0 aliphatic carbocycles. The quantitative estimate of drug-likeness (QED) is 0.641. The molecule has 3 heteroatoms. The number of nitrogens with one attached hydrogen (secondary N) is 1. The zero-order valence-corrected chi connectivity index (χ0v) is 10.9. The molecular weight excluding hydrogens is 190 g/mol. The summed E-state index contributed by atoms with van der Waals surface area (Å²) in [5.41, 5.74) is 0. The molecule has 0 saturated heterocycles. The maximum atomic E-state index is 5.72. The van der Waals surface area contributed by atoms with Gasteiger partial charge in [0.1, 0.15) is 0 Å². The summed E-state index contributed by atoms with van der Waals surface area (Å²) >= 11 is 0. The van der Waals surface area contributed by atoms with E-state index in [0.29, 0.717) is 18.6 Å². The van der Waals surface area contributed by atoms with Crippen molar-refractivity contribution < 1.29 is 9.47 Å². The first-order chi connectivity index (χ1) is 7.11. The third-order valence-electron chi connectivity index (χ3n) is 2.42. The summed E-state index contributed by atoms with van der Waals surface area (Å²) in [5.74, 6) is 0.603. The molecule has 2 unspecified atom stereocenters. The van der Waals surface area contributed by atoms with Gasteiger partial charge in [0.2, 0.25) is 0 Å². The van der Waals surface area contributed by atoms with Crippen molar-refractivity contribution in [2.75, 3.05) is 26.9 Å². The minimum atomic E-state index is 0.180. The lowest BCUT2D eigenvalue weighted by Gasteiger charge is -2.24. The first kappa shape index (κ1) is 14.9. The van der Waals surface area contributed by atoms with Crippen LogP contribution >= 0.6 is 0 Å². The molecule has 0 spiro atoms. The lowest BCUT2D eigenvalue weighted by Crippen LogP contribution is -2.39. The molecule has 0 amide bonds. The molecule has 92 valence electrons. The molecule has 1 N–H and O–H groups in total. The molecule has 0 aromatic rings. The molecule has 0 aliphatic heterocycles. The number of hydrogen-bond acceptors (Lipinski definition) is 3. The van der Waals surface area contributed by atoms with Crippen LogP contribution in [0.15, 0.2) is 0 Å². The van der Waals surface area contributed by atoms with Gasteiger partial charge in [-0.3, -0.25) is 0 Å². The van der Waals surface area contributed by atoms with E-state index in [4.69, 9.17) is 9.47 Å². The van der Waals surface area contributed by atoms with Crippen molar-refractivity contribution in [1.29, 1.82) is 0 Å². The summed E-state index contributed by atoms with van der Waals surface area (Å²) in [7, 11) is 1.70. The van der Waals surface area contributed by atoms with Crippen LogP contribution in [-0.2, 0) is 9.47 Å². The number of hydrogen-bond donors (Lipinski definition) is 1. The van der Waals surface area contributed by atoms with Gasteiger partial charge in [-0.05, 0) is 25.8 Å². The second-order valence-electron chi connectivity index (χ2n) is 4.40. The Kier molecular flexibility index (Phi) is 9.06. The monoisotopic (exact) mass is 217 g/mol. The van der Waals surface area contributed by atoms with Gasteiger partial charge in [0.25, 0.3) is 0 Å². The van der Waals surface area contributed by atoms with Crippen LogP contribution in [0.4, 0.5) is 0 Å². The van der Waals surface area contributed by atoms with Gasteiger partial charge in [-0.15, -0.1) is 0 Å². The predicted octanol–water partition coefficient (Wildman–Crippen LogP) is 2.06. The fourth-order valence-electron chi connectivity index (χ4n) is 1.37. The zero-order chi connectivity index (χ0) is 11.7. The van der Waals surface area contributed by atoms with Gasteiger partial charge in [0.15, 0.2) is 0 Å². The van der Waals surface area contributed by atoms with Gasteiger partial charge >= 0.3 is 0 Å². The minimum Gasteiger partial charge on any atom is -0.382 e. The topological polar surface area (TPSA) is 30.5 Å². The smallest absolute Gasteiger partial charge is 0.0781 e. The van der Waals surface area contributed by atoms with Crippen LogP contribution in [-0.4, -0.2) is 39.0 Å². The fraction of sp³-hybridized carbons (Fsp3) is 1.00. The van der Waals surface area contributed by atoms with Crippen LogP contribution in [0.3, 0.4) is 0 Å². The van der Waals surface area contributed by atoms with Gasteiger partial charge in [0, 0.05) is 13.2 Å². The molecule has 15 heavy (non-hydrogen) atoms. The van der Waals surface area contributed by atoms with Gasteiger partial charge in [-0.2, -0.15) is 0 Å². The molecule has 3 nitrogen and oxygen atoms in total. The molecule has 0 saturated carbocycles. The molecule has 0 aromatic heterocycles. The first-order valence-corrected chi connectivity index (χ1v) is 5.95. The highest BCUT2D eigenvalue weighted by atomic mass is 16.5. The van der Waals surface area contributed by atoms with E-state index in [9.17, 15) is 0 Å². The highest BCUT2D eigenvalue weighted by Crippen LogP contribution is 2.04. The van der Waals surface area contributed by atoms with E-state index in [-0.39, 0.29) is 6.10 Å². The largest absolute Gasteiger partial charge is 0.382 e. The first-order valence-electron chi connectivity index (χ1n) is 5.95. The van der Waals surface area contributed by atoms with Crippen LogP contribution in [0.1, 0.15) is 34.1 Å². The van der Waals surface area contributed by atoms with Crippen LogP contribution in [0.2, 0.25) is 0 Å². The second kappa shape index (κ2) is 9.13. The van der Waals surface area contributed by atoms with Gasteiger partial charge in [0.05, 0.1) is 19.3 Å². The van der Waals surface area contributed by atoms with Crippen molar-refractivity contribution in [1.82, 2.24) is 5.32 Å². The van der Waals surface area contributed by atoms with E-state index in [2.05, 4.69) is 26.1 Å². The van der Waals surface area contributed by atoms with Gasteiger partial charge < -0.3 is 14.8 Å². The highest BCUT2D eigenvalue weighted by molar-refractivity contribution is 4.70. The Bertz CT molecular complexity index is 140. The Labute approximate surface area is 94.5 Å². The second-order valence-corrected chi connectivity index (χ2v) is 4.40. The molecule has 0 rings (SSSR count). The third-order valence-corrected chi connectivity index (χ3v) is 2.42. The number of methoxy groups -OCH3 is 1. The normalized spacial score (nSPS) is 15.6. The summed E-state index contributed by atoms with van der Waals surface area (Å²) < 4.78 is 10.7. The van der Waals surface area contributed by atoms with Crippen LogP contribution in [0.25, 0.3) is 0 Å². The molecule has 0 aliphatic rings. The Morgan fingerprint density at radius 1 is 1.13 bits per heavy atom. The van der Waals surface area contributed by atoms with Crippen molar-refractivity contribution in [2.45, 2.75) is 46.3 Å². The average Bonchev–Trinajstić information content (AvgIpc) is 2.17. The summed E-state index contributed by atoms with van der Waals surface area (Å²) in [6.45, 7) is 11.2. The summed E-state index contributed by atoms with van der Waals surface area (Å²) in [4.78, 5) is 0. The van der Waals surface area contributed by atoms with Crippen molar-refractivity contribution in [2.24, 2.45) is 5.92 Å². The van der Waals surface area contributed by atoms with E-state index in [1.807, 2.05) is 6.92 Å². The Hall–Kier alpha value is -0.120. The van der Waals surface area contributed by atoms with Crippen LogP contribution in [0, 0.1) is 5.92 Å². The fourth-order valence-corrected chi connectivity index (χ4v) is 1.37. The number of ether oxygens (including phenoxy) is 2. The summed E-state index contributed by atoms with van der Waals surface area (Å²) in [6, 6.07) is 0.448. The minimum absolute atomic E-state index is 0.180. The lowest BCUT2D eigenvalue weighted by molar-refractivity contribution is -0.00519. The van der Waals surface area contributed by atoms with Crippen molar-refractivity contribution in [3.05, 3.63) is 0 Å². The van der Waals surface area contributed by atoms with E-state index in [1.165, 1.54) is 0 Å². The van der Waals surface area contributed by atoms with E-state index < -0.39 is 0 Å². The Morgan fingerprint density at radius 2 is 1.80 bits per heavy atom. The molecule has 0 radical (unpaired) electrons. The van der Waals surface area contributed by atoms with Gasteiger partial charge in [-0.1, -0.05) is 20.8 Å². The Morgan fingerprint density at radius 3 is 2.27 bits per heavy atom. The molecule has 0 heterocycles. The summed E-state index contributed by atoms with van der Waals surface area (Å²) in [5, 5.41) is 3.50. The number of rotatable bonds is 9. The Balaban J connectivity index is 3.74. The maximum absolute atomic E-state index is 5.72. The molecular formula is C12H27NO2. The average molecular weight is 217 g/mol. The standard InChI is InChI=1S/C12H27NO2/c1-6-7-13-12(10(2)3)9-15-11(4)8-14-5/h10-13H,6-9H2,1-5H3. The van der Waals surface area contributed by atoms with Gasteiger partial charge in [-0.25, -0.2) is 0 Å². The zero-order valence-electron chi connectivity index (χ0n) is 10.9. The SMILES string of the molecule is CCCNC(COC(C)COC)C(C)C. The predicted molar refractivity (Wildman–Crippen MR) is 64.2 cm³/mol. The van der Waals surface area contributed by atoms with Crippen molar-refractivity contribution >= 4 is 0 Å². The highest BCUT2D eigenvalue weighted by Gasteiger charge is 2.13. The molecule has 2 atom stereocenters. The molecule has 0 fully saturated rings. The van der Waals surface area contributed by atoms with Crippen LogP contribution < -0.4 is 5.32 Å². The van der Waals surface area contributed by atoms with E-state index in [0.717, 1.165) is 19.6 Å². The lowest BCUT2D eigenvalue weighted by atomic mass is 10.1. The van der Waals surface area contributed by atoms with Crippen LogP contribution in [0.5, 0.6) is 0 Å². The summed E-state index contributed by atoms with van der Waals surface area (Å²) in [6.07, 6.45) is 1.34. The van der Waals surface area contributed by atoms with Crippen molar-refractivity contribution in [3.8, 4) is 0 Å². The third kappa shape index (κ3) is 7.77. The molecule has 0 aromatic carbocycles.